The van der Waals surface area contributed by atoms with Gasteiger partial charge in [0, 0.05) is 36.1 Å². The second kappa shape index (κ2) is 7.29. The predicted molar refractivity (Wildman–Crippen MR) is 104 cm³/mol. The van der Waals surface area contributed by atoms with Crippen LogP contribution in [0.3, 0.4) is 0 Å². The molecule has 128 valence electrons. The topological polar surface area (TPSA) is 69.8 Å². The van der Waals surface area contributed by atoms with Crippen LogP contribution in [0.1, 0.15) is 6.42 Å². The summed E-state index contributed by atoms with van der Waals surface area (Å²) in [5.74, 6) is 2.90. The number of fused-ring (bicyclic) bond motifs is 1. The Bertz CT molecular complexity index is 853. The lowest BCUT2D eigenvalue weighted by molar-refractivity contribution is -0.116. The van der Waals surface area contributed by atoms with Crippen LogP contribution < -0.4 is 10.6 Å². The van der Waals surface area contributed by atoms with Crippen LogP contribution in [-0.2, 0) is 4.79 Å². The molecule has 4 rings (SSSR count). The molecule has 6 heteroatoms. The highest BCUT2D eigenvalue weighted by atomic mass is 32.2. The van der Waals surface area contributed by atoms with Crippen molar-refractivity contribution in [1.82, 2.24) is 15.3 Å². The highest BCUT2D eigenvalue weighted by Gasteiger charge is 2.18. The summed E-state index contributed by atoms with van der Waals surface area (Å²) in [5.41, 5.74) is 3.59. The third-order valence-electron chi connectivity index (χ3n) is 4.28. The van der Waals surface area contributed by atoms with Crippen molar-refractivity contribution in [1.29, 1.82) is 0 Å². The Hall–Kier alpha value is -2.31. The van der Waals surface area contributed by atoms with E-state index >= 15 is 0 Å². The van der Waals surface area contributed by atoms with E-state index in [9.17, 15) is 4.79 Å². The number of amides is 1. The molecule has 1 aromatic heterocycles. The van der Waals surface area contributed by atoms with Crippen LogP contribution in [0.4, 0.5) is 5.69 Å². The first-order valence-electron chi connectivity index (χ1n) is 8.45. The van der Waals surface area contributed by atoms with Gasteiger partial charge in [-0.05, 0) is 24.3 Å². The largest absolute Gasteiger partial charge is 0.338 e. The predicted octanol–water partition coefficient (Wildman–Crippen LogP) is 3.26. The van der Waals surface area contributed by atoms with Gasteiger partial charge in [0.25, 0.3) is 0 Å². The quantitative estimate of drug-likeness (QED) is 0.674. The number of hydrogen-bond donors (Lipinski definition) is 3. The number of aromatic amines is 1. The van der Waals surface area contributed by atoms with Gasteiger partial charge in [0.05, 0.1) is 16.7 Å². The summed E-state index contributed by atoms with van der Waals surface area (Å²) in [5, 5.41) is 6.45. The Morgan fingerprint density at radius 2 is 2.04 bits per heavy atom. The summed E-state index contributed by atoms with van der Waals surface area (Å²) in [7, 11) is 0. The molecule has 2 heterocycles. The summed E-state index contributed by atoms with van der Waals surface area (Å²) < 4.78 is 0. The number of thioether (sulfide) groups is 1. The van der Waals surface area contributed by atoms with Crippen LogP contribution in [0, 0.1) is 0 Å². The fourth-order valence-electron chi connectivity index (χ4n) is 3.05. The van der Waals surface area contributed by atoms with Crippen LogP contribution in [-0.4, -0.2) is 40.0 Å². The number of hydrogen-bond acceptors (Lipinski definition) is 4. The van der Waals surface area contributed by atoms with Gasteiger partial charge in [0.1, 0.15) is 5.82 Å². The van der Waals surface area contributed by atoms with E-state index in [2.05, 4.69) is 20.6 Å². The van der Waals surface area contributed by atoms with Crippen LogP contribution in [0.2, 0.25) is 0 Å². The molecule has 1 aliphatic heterocycles. The lowest BCUT2D eigenvalue weighted by Gasteiger charge is -2.22. The Morgan fingerprint density at radius 1 is 1.20 bits per heavy atom. The van der Waals surface area contributed by atoms with Crippen molar-refractivity contribution in [2.45, 2.75) is 12.5 Å². The van der Waals surface area contributed by atoms with Gasteiger partial charge in [-0.2, -0.15) is 11.8 Å². The Labute approximate surface area is 150 Å². The summed E-state index contributed by atoms with van der Waals surface area (Å²) in [4.78, 5) is 20.4. The highest BCUT2D eigenvalue weighted by Crippen LogP contribution is 2.27. The van der Waals surface area contributed by atoms with Crippen LogP contribution in [0.15, 0.2) is 48.5 Å². The molecule has 3 N–H and O–H groups in total. The van der Waals surface area contributed by atoms with Crippen molar-refractivity contribution in [3.05, 3.63) is 48.5 Å². The minimum absolute atomic E-state index is 0.0311. The molecule has 5 nitrogen and oxygen atoms in total. The molecule has 2 aromatic carbocycles. The number of rotatable bonds is 4. The van der Waals surface area contributed by atoms with Crippen molar-refractivity contribution >= 4 is 34.4 Å². The molecule has 0 aliphatic carbocycles. The van der Waals surface area contributed by atoms with Crippen LogP contribution in [0.5, 0.6) is 0 Å². The van der Waals surface area contributed by atoms with Gasteiger partial charge in [-0.15, -0.1) is 0 Å². The second-order valence-electron chi connectivity index (χ2n) is 6.13. The van der Waals surface area contributed by atoms with E-state index in [0.717, 1.165) is 46.2 Å². The van der Waals surface area contributed by atoms with E-state index in [4.69, 9.17) is 0 Å². The van der Waals surface area contributed by atoms with Crippen molar-refractivity contribution in [3.8, 4) is 11.4 Å². The first-order valence-corrected chi connectivity index (χ1v) is 9.60. The van der Waals surface area contributed by atoms with Gasteiger partial charge >= 0.3 is 0 Å². The van der Waals surface area contributed by atoms with Gasteiger partial charge in [-0.3, -0.25) is 4.79 Å². The summed E-state index contributed by atoms with van der Waals surface area (Å²) in [6, 6.07) is 15.9. The zero-order valence-corrected chi connectivity index (χ0v) is 14.6. The van der Waals surface area contributed by atoms with Crippen molar-refractivity contribution < 1.29 is 4.79 Å². The number of carbonyl (C=O) groups is 1. The number of nitrogens with one attached hydrogen (secondary N) is 3. The van der Waals surface area contributed by atoms with Crippen LogP contribution in [0.25, 0.3) is 22.4 Å². The lowest BCUT2D eigenvalue weighted by atomic mass is 10.1. The SMILES string of the molecule is O=C(CC1CSCCN1)Nc1ccccc1-c1nc2ccccc2[nH]1. The van der Waals surface area contributed by atoms with Gasteiger partial charge in [0.15, 0.2) is 0 Å². The molecule has 1 atom stereocenters. The molecule has 0 bridgehead atoms. The number of nitrogens with zero attached hydrogens (tertiary/aromatic N) is 1. The van der Waals surface area contributed by atoms with E-state index in [1.54, 1.807) is 0 Å². The zero-order chi connectivity index (χ0) is 17.1. The van der Waals surface area contributed by atoms with Crippen molar-refractivity contribution in [2.75, 3.05) is 23.4 Å². The van der Waals surface area contributed by atoms with Crippen molar-refractivity contribution in [2.24, 2.45) is 0 Å². The number of carbonyl (C=O) groups excluding carboxylic acids is 1. The Kier molecular flexibility index (Phi) is 4.72. The molecule has 1 fully saturated rings. The Morgan fingerprint density at radius 3 is 2.88 bits per heavy atom. The average Bonchev–Trinajstić information content (AvgIpc) is 3.07. The maximum atomic E-state index is 12.4. The number of aromatic nitrogens is 2. The second-order valence-corrected chi connectivity index (χ2v) is 7.28. The van der Waals surface area contributed by atoms with E-state index in [-0.39, 0.29) is 11.9 Å². The molecule has 1 amide bonds. The molecule has 1 saturated heterocycles. The molecule has 3 aromatic rings. The minimum Gasteiger partial charge on any atom is -0.338 e. The maximum absolute atomic E-state index is 12.4. The van der Waals surface area contributed by atoms with Gasteiger partial charge in [0.2, 0.25) is 5.91 Å². The zero-order valence-electron chi connectivity index (χ0n) is 13.8. The normalized spacial score (nSPS) is 17.5. The monoisotopic (exact) mass is 352 g/mol. The van der Waals surface area contributed by atoms with E-state index < -0.39 is 0 Å². The van der Waals surface area contributed by atoms with E-state index in [1.807, 2.05) is 60.3 Å². The molecule has 1 aliphatic rings. The van der Waals surface area contributed by atoms with Crippen molar-refractivity contribution in [3.63, 3.8) is 0 Å². The first kappa shape index (κ1) is 16.2. The molecule has 1 unspecified atom stereocenters. The molecule has 25 heavy (non-hydrogen) atoms. The van der Waals surface area contributed by atoms with E-state index in [0.29, 0.717) is 6.42 Å². The lowest BCUT2D eigenvalue weighted by Crippen LogP contribution is -2.39. The minimum atomic E-state index is 0.0311. The molecule has 0 spiro atoms. The third-order valence-corrected chi connectivity index (χ3v) is 5.41. The molecular weight excluding hydrogens is 332 g/mol. The summed E-state index contributed by atoms with van der Waals surface area (Å²) in [6.07, 6.45) is 0.488. The van der Waals surface area contributed by atoms with Gasteiger partial charge in [-0.25, -0.2) is 4.98 Å². The number of benzene rings is 2. The number of para-hydroxylation sites is 3. The number of anilines is 1. The maximum Gasteiger partial charge on any atom is 0.225 e. The Balaban J connectivity index is 1.55. The highest BCUT2D eigenvalue weighted by molar-refractivity contribution is 7.99. The molecule has 0 radical (unpaired) electrons. The third kappa shape index (κ3) is 3.70. The average molecular weight is 352 g/mol. The molecule has 0 saturated carbocycles. The summed E-state index contributed by atoms with van der Waals surface area (Å²) in [6.45, 7) is 0.970. The smallest absolute Gasteiger partial charge is 0.225 e. The number of imidazole rings is 1. The van der Waals surface area contributed by atoms with E-state index in [1.165, 1.54) is 0 Å². The molecular formula is C19H20N4OS. The standard InChI is InChI=1S/C19H20N4OS/c24-18(11-13-12-25-10-9-20-13)21-15-6-2-1-5-14(15)19-22-16-7-3-4-8-17(16)23-19/h1-8,13,20H,9-12H2,(H,21,24)(H,22,23). The van der Waals surface area contributed by atoms with Crippen LogP contribution >= 0.6 is 11.8 Å². The summed E-state index contributed by atoms with van der Waals surface area (Å²) >= 11 is 1.90. The van der Waals surface area contributed by atoms with Gasteiger partial charge < -0.3 is 15.6 Å². The first-order chi connectivity index (χ1) is 12.3. The van der Waals surface area contributed by atoms with Gasteiger partial charge in [-0.1, -0.05) is 24.3 Å². The fourth-order valence-corrected chi connectivity index (χ4v) is 4.00. The fraction of sp³-hybridized carbons (Fsp3) is 0.263. The number of H-pyrrole nitrogens is 1.